The molecule has 1 unspecified atom stereocenters. The largest absolute Gasteiger partial charge is 0.481 e. The first-order valence-corrected chi connectivity index (χ1v) is 7.82. The summed E-state index contributed by atoms with van der Waals surface area (Å²) in [6.07, 6.45) is 0.838. The Labute approximate surface area is 140 Å². The Morgan fingerprint density at radius 3 is 2.17 bits per heavy atom. The fourth-order valence-electron chi connectivity index (χ4n) is 2.45. The first-order valence-electron chi connectivity index (χ1n) is 7.82. The van der Waals surface area contributed by atoms with Crippen LogP contribution in [0.2, 0.25) is 0 Å². The Morgan fingerprint density at radius 2 is 1.62 bits per heavy atom. The number of hydrogen-bond donors (Lipinski definition) is 2. The minimum atomic E-state index is -1.03. The number of carbonyl (C=O) groups is 2. The molecule has 0 saturated heterocycles. The van der Waals surface area contributed by atoms with Gasteiger partial charge >= 0.3 is 5.97 Å². The molecule has 0 bridgehead atoms. The number of carboxylic acid groups (broad SMARTS) is 1. The first kappa shape index (κ1) is 17.7. The summed E-state index contributed by atoms with van der Waals surface area (Å²) < 4.78 is 13.0. The zero-order valence-corrected chi connectivity index (χ0v) is 13.5. The van der Waals surface area contributed by atoms with Gasteiger partial charge in [0.2, 0.25) is 5.91 Å². The van der Waals surface area contributed by atoms with Crippen molar-refractivity contribution in [1.82, 2.24) is 5.32 Å². The number of halogens is 1. The average Bonchev–Trinajstić information content (AvgIpc) is 2.55. The van der Waals surface area contributed by atoms with Gasteiger partial charge in [0.25, 0.3) is 0 Å². The molecule has 0 saturated carbocycles. The van der Waals surface area contributed by atoms with Crippen LogP contribution in [0.5, 0.6) is 0 Å². The van der Waals surface area contributed by atoms with Crippen molar-refractivity contribution in [2.45, 2.75) is 32.2 Å². The van der Waals surface area contributed by atoms with Crippen molar-refractivity contribution in [1.29, 1.82) is 0 Å². The van der Waals surface area contributed by atoms with Gasteiger partial charge in [-0.05, 0) is 35.2 Å². The van der Waals surface area contributed by atoms with E-state index in [0.717, 1.165) is 12.0 Å². The highest BCUT2D eigenvalue weighted by molar-refractivity contribution is 5.80. The summed E-state index contributed by atoms with van der Waals surface area (Å²) in [7, 11) is 0. The standard InChI is InChI=1S/C19H20FNO3/c1-2-13-3-5-14(6-4-13)11-18(22)21-17(12-19(23)24)15-7-9-16(20)10-8-15/h3-10,17H,2,11-12H2,1H3,(H,21,22)(H,23,24). The van der Waals surface area contributed by atoms with E-state index in [1.165, 1.54) is 29.8 Å². The zero-order chi connectivity index (χ0) is 17.5. The summed E-state index contributed by atoms with van der Waals surface area (Å²) in [6, 6.07) is 12.5. The lowest BCUT2D eigenvalue weighted by atomic mass is 10.0. The molecule has 5 heteroatoms. The maximum absolute atomic E-state index is 13.0. The molecule has 0 aliphatic rings. The van der Waals surface area contributed by atoms with Crippen molar-refractivity contribution in [2.75, 3.05) is 0 Å². The highest BCUT2D eigenvalue weighted by Crippen LogP contribution is 2.18. The Morgan fingerprint density at radius 1 is 1.04 bits per heavy atom. The molecule has 0 radical (unpaired) electrons. The number of aryl methyl sites for hydroxylation is 1. The van der Waals surface area contributed by atoms with Crippen molar-refractivity contribution in [3.63, 3.8) is 0 Å². The molecule has 126 valence electrons. The van der Waals surface area contributed by atoms with Crippen molar-refractivity contribution in [3.8, 4) is 0 Å². The van der Waals surface area contributed by atoms with E-state index in [0.29, 0.717) is 5.56 Å². The Bertz CT molecular complexity index is 696. The maximum atomic E-state index is 13.0. The molecule has 0 fully saturated rings. The predicted octanol–water partition coefficient (Wildman–Crippen LogP) is 3.26. The number of amides is 1. The molecule has 0 spiro atoms. The highest BCUT2D eigenvalue weighted by Gasteiger charge is 2.18. The molecular formula is C19H20FNO3. The summed E-state index contributed by atoms with van der Waals surface area (Å²) in [4.78, 5) is 23.3. The van der Waals surface area contributed by atoms with Crippen LogP contribution in [0.4, 0.5) is 4.39 Å². The smallest absolute Gasteiger partial charge is 0.305 e. The van der Waals surface area contributed by atoms with Crippen molar-refractivity contribution in [2.24, 2.45) is 0 Å². The highest BCUT2D eigenvalue weighted by atomic mass is 19.1. The minimum absolute atomic E-state index is 0.168. The lowest BCUT2D eigenvalue weighted by molar-refractivity contribution is -0.137. The number of aliphatic carboxylic acids is 1. The fraction of sp³-hybridized carbons (Fsp3) is 0.263. The van der Waals surface area contributed by atoms with E-state index in [1.807, 2.05) is 24.3 Å². The SMILES string of the molecule is CCc1ccc(CC(=O)NC(CC(=O)O)c2ccc(F)cc2)cc1. The van der Waals surface area contributed by atoms with E-state index in [4.69, 9.17) is 5.11 Å². The predicted molar refractivity (Wildman–Crippen MR) is 89.1 cm³/mol. The molecule has 2 rings (SSSR count). The Balaban J connectivity index is 2.05. The molecule has 0 heterocycles. The van der Waals surface area contributed by atoms with Gasteiger partial charge in [0.05, 0.1) is 18.9 Å². The third-order valence-electron chi connectivity index (χ3n) is 3.78. The Kier molecular flexibility index (Phi) is 6.07. The second-order valence-electron chi connectivity index (χ2n) is 5.62. The molecule has 2 aromatic rings. The van der Waals surface area contributed by atoms with E-state index in [-0.39, 0.29) is 18.7 Å². The normalized spacial score (nSPS) is 11.8. The van der Waals surface area contributed by atoms with E-state index in [1.54, 1.807) is 0 Å². The fourth-order valence-corrected chi connectivity index (χ4v) is 2.45. The van der Waals surface area contributed by atoms with Crippen LogP contribution in [0.1, 0.15) is 36.1 Å². The van der Waals surface area contributed by atoms with E-state index >= 15 is 0 Å². The van der Waals surface area contributed by atoms with Crippen LogP contribution < -0.4 is 5.32 Å². The van der Waals surface area contributed by atoms with Crippen LogP contribution in [0.3, 0.4) is 0 Å². The summed E-state index contributed by atoms with van der Waals surface area (Å²) in [6.45, 7) is 2.06. The summed E-state index contributed by atoms with van der Waals surface area (Å²) >= 11 is 0. The van der Waals surface area contributed by atoms with Gasteiger partial charge in [-0.3, -0.25) is 9.59 Å². The Hall–Kier alpha value is -2.69. The molecule has 0 aliphatic heterocycles. The number of hydrogen-bond acceptors (Lipinski definition) is 2. The van der Waals surface area contributed by atoms with E-state index < -0.39 is 17.8 Å². The number of benzene rings is 2. The average molecular weight is 329 g/mol. The van der Waals surface area contributed by atoms with E-state index in [9.17, 15) is 14.0 Å². The molecule has 2 aromatic carbocycles. The topological polar surface area (TPSA) is 66.4 Å². The van der Waals surface area contributed by atoms with Crippen molar-refractivity contribution < 1.29 is 19.1 Å². The van der Waals surface area contributed by atoms with Gasteiger partial charge < -0.3 is 10.4 Å². The summed E-state index contributed by atoms with van der Waals surface area (Å²) in [5.74, 6) is -1.71. The summed E-state index contributed by atoms with van der Waals surface area (Å²) in [5, 5.41) is 11.8. The molecule has 1 atom stereocenters. The molecular weight excluding hydrogens is 309 g/mol. The van der Waals surface area contributed by atoms with Gasteiger partial charge in [-0.1, -0.05) is 43.3 Å². The number of carbonyl (C=O) groups excluding carboxylic acids is 1. The second-order valence-corrected chi connectivity index (χ2v) is 5.62. The summed E-state index contributed by atoms with van der Waals surface area (Å²) in [5.41, 5.74) is 2.61. The number of rotatable bonds is 7. The van der Waals surface area contributed by atoms with Crippen LogP contribution in [-0.4, -0.2) is 17.0 Å². The molecule has 4 nitrogen and oxygen atoms in total. The van der Waals surface area contributed by atoms with Crippen LogP contribution >= 0.6 is 0 Å². The van der Waals surface area contributed by atoms with Crippen LogP contribution in [0, 0.1) is 5.82 Å². The van der Waals surface area contributed by atoms with Crippen LogP contribution in [0.25, 0.3) is 0 Å². The van der Waals surface area contributed by atoms with Crippen molar-refractivity contribution >= 4 is 11.9 Å². The van der Waals surface area contributed by atoms with Gasteiger partial charge in [-0.25, -0.2) is 4.39 Å². The van der Waals surface area contributed by atoms with Gasteiger partial charge in [-0.2, -0.15) is 0 Å². The minimum Gasteiger partial charge on any atom is -0.481 e. The van der Waals surface area contributed by atoms with Crippen molar-refractivity contribution in [3.05, 3.63) is 71.0 Å². The van der Waals surface area contributed by atoms with Gasteiger partial charge in [-0.15, -0.1) is 0 Å². The molecule has 2 N–H and O–H groups in total. The van der Waals surface area contributed by atoms with Gasteiger partial charge in [0, 0.05) is 0 Å². The van der Waals surface area contributed by atoms with Crippen LogP contribution in [0.15, 0.2) is 48.5 Å². The molecule has 1 amide bonds. The quantitative estimate of drug-likeness (QED) is 0.819. The zero-order valence-electron chi connectivity index (χ0n) is 13.5. The third kappa shape index (κ3) is 5.19. The lowest BCUT2D eigenvalue weighted by Gasteiger charge is -2.17. The first-order chi connectivity index (χ1) is 11.5. The van der Waals surface area contributed by atoms with Crippen LogP contribution in [-0.2, 0) is 22.4 Å². The monoisotopic (exact) mass is 329 g/mol. The molecule has 0 aliphatic carbocycles. The van der Waals surface area contributed by atoms with E-state index in [2.05, 4.69) is 12.2 Å². The second kappa shape index (κ2) is 8.24. The number of nitrogens with one attached hydrogen (secondary N) is 1. The van der Waals surface area contributed by atoms with Gasteiger partial charge in [0.1, 0.15) is 5.82 Å². The number of carboxylic acids is 1. The molecule has 0 aromatic heterocycles. The molecule has 24 heavy (non-hydrogen) atoms. The maximum Gasteiger partial charge on any atom is 0.305 e. The third-order valence-corrected chi connectivity index (χ3v) is 3.78. The lowest BCUT2D eigenvalue weighted by Crippen LogP contribution is -2.31. The van der Waals surface area contributed by atoms with Gasteiger partial charge in [0.15, 0.2) is 0 Å².